The van der Waals surface area contributed by atoms with E-state index in [0.29, 0.717) is 17.3 Å². The van der Waals surface area contributed by atoms with Gasteiger partial charge in [0.2, 0.25) is 0 Å². The van der Waals surface area contributed by atoms with Gasteiger partial charge in [-0.25, -0.2) is 0 Å². The Kier molecular flexibility index (Phi) is 5.19. The van der Waals surface area contributed by atoms with Crippen molar-refractivity contribution in [3.63, 3.8) is 0 Å². The Morgan fingerprint density at radius 1 is 0.408 bits per heavy atom. The van der Waals surface area contributed by atoms with Crippen molar-refractivity contribution in [1.29, 1.82) is 0 Å². The van der Waals surface area contributed by atoms with E-state index in [1.807, 2.05) is 6.92 Å². The van der Waals surface area contributed by atoms with E-state index >= 15 is 9.59 Å². The first-order valence-corrected chi connectivity index (χ1v) is 38.9. The second kappa shape index (κ2) is 11.3. The normalized spacial score (nSPS) is 31.1. The van der Waals surface area contributed by atoms with Gasteiger partial charge in [0.25, 0.3) is 0 Å². The van der Waals surface area contributed by atoms with Crippen molar-refractivity contribution < 1.29 is 19.1 Å². The maximum atomic E-state index is 18.3. The lowest BCUT2D eigenvalue weighted by Gasteiger charge is -2.58. The van der Waals surface area contributed by atoms with Crippen molar-refractivity contribution in [2.75, 3.05) is 6.61 Å². The lowest BCUT2D eigenvalue weighted by molar-refractivity contribution is -0.171. The van der Waals surface area contributed by atoms with Crippen LogP contribution in [0.4, 0.5) is 0 Å². The van der Waals surface area contributed by atoms with Crippen molar-refractivity contribution >= 4 is 303 Å². The number of esters is 2. The quantitative estimate of drug-likeness (QED) is 0.0593. The molecular formula is C94H54O4. The summed E-state index contributed by atoms with van der Waals surface area (Å²) in [5.41, 5.74) is 3.42. The Labute approximate surface area is 552 Å². The lowest BCUT2D eigenvalue weighted by atomic mass is 9.47. The number of fused-ring (bicyclic) bond motifs is 5. The molecule has 28 aromatic rings. The number of ether oxygens (including phenoxy) is 2. The number of rotatable bonds is 10. The molecule has 0 amide bonds. The van der Waals surface area contributed by atoms with Crippen LogP contribution in [0, 0.1) is 57.7 Å². The second-order valence-electron chi connectivity index (χ2n) is 37.9. The third-order valence-electron chi connectivity index (χ3n) is 36.8. The van der Waals surface area contributed by atoms with Gasteiger partial charge in [-0.1, -0.05) is 66.0 Å². The molecule has 0 radical (unpaired) electrons. The first-order chi connectivity index (χ1) is 48.0. The fourth-order valence-electron chi connectivity index (χ4n) is 35.1. The van der Waals surface area contributed by atoms with E-state index in [9.17, 15) is 0 Å². The van der Waals surface area contributed by atoms with Gasteiger partial charge in [-0.3, -0.25) is 9.59 Å². The highest BCUT2D eigenvalue weighted by Crippen LogP contribution is 2.97. The summed E-state index contributed by atoms with van der Waals surface area (Å²) >= 11 is 0. The highest BCUT2D eigenvalue weighted by atomic mass is 16.6. The van der Waals surface area contributed by atoms with Gasteiger partial charge in [0.1, 0.15) is 6.10 Å². The molecule has 9 aliphatic carbocycles. The number of hydrogen-bond donors (Lipinski definition) is 0. The molecule has 9 aliphatic rings. The van der Waals surface area contributed by atoms with E-state index in [0.717, 1.165) is 55.3 Å². The number of allylic oxidation sites excluding steroid dienone is 1. The average molecular weight is 1250 g/mol. The van der Waals surface area contributed by atoms with Crippen LogP contribution in [0.15, 0.2) is 11.6 Å². The monoisotopic (exact) mass is 1250 g/mol. The molecule has 0 unspecified atom stereocenters. The molecule has 2 spiro atoms. The van der Waals surface area contributed by atoms with Crippen LogP contribution in [0.25, 0.3) is 291 Å². The minimum Gasteiger partial charge on any atom is -0.465 e. The molecule has 37 rings (SSSR count). The lowest BCUT2D eigenvalue weighted by Crippen LogP contribution is -2.51. The van der Waals surface area contributed by atoms with Crippen LogP contribution in [0.2, 0.25) is 0 Å². The zero-order valence-electron chi connectivity index (χ0n) is 55.3. The predicted molar refractivity (Wildman–Crippen MR) is 405 cm³/mol. The van der Waals surface area contributed by atoms with Crippen molar-refractivity contribution in [2.24, 2.45) is 57.7 Å². The smallest absolute Gasteiger partial charge is 0.326 e. The van der Waals surface area contributed by atoms with E-state index in [2.05, 4.69) is 47.6 Å². The summed E-state index contributed by atoms with van der Waals surface area (Å²) < 4.78 is 14.9. The SMILES string of the molecule is CCOC(=O)C1(C(=O)O[C@H]2CC[C@@]3(C)C(=CC[C@H]4[C@@H]5CC[C@H]([C@H](C)CC[C@@H](CC)C(C)C)[C@@]5(C)CC[C@@H]43)C2)C23c4c5c6c7c8c9c(c%10c%11c2c2c4c4c%12c5c5c6c6c8c8c%13c9c9c%10c%10c%11c%11c2c2c4c4c%12c%12c5c5c6c8c6c8c%13c9c9c%10c%10c%11c2c2c4c4c%12c5c6c5c8c9c%10c2c45)C713. The van der Waals surface area contributed by atoms with E-state index in [1.165, 1.54) is 261 Å². The molecular weight excluding hydrogens is 1190 g/mol. The Morgan fingerprint density at radius 3 is 1.06 bits per heavy atom. The second-order valence-corrected chi connectivity index (χ2v) is 37.9. The molecule has 0 heterocycles. The largest absolute Gasteiger partial charge is 0.465 e. The molecule has 0 saturated heterocycles. The van der Waals surface area contributed by atoms with Crippen LogP contribution < -0.4 is 0 Å². The van der Waals surface area contributed by atoms with Crippen LogP contribution in [0.5, 0.6) is 0 Å². The summed E-state index contributed by atoms with van der Waals surface area (Å²) in [7, 11) is 0. The molecule has 9 atom stereocenters. The van der Waals surface area contributed by atoms with E-state index < -0.39 is 16.2 Å². The molecule has 0 N–H and O–H groups in total. The summed E-state index contributed by atoms with van der Waals surface area (Å²) in [6, 6.07) is 0. The zero-order valence-corrected chi connectivity index (χ0v) is 55.3. The van der Waals surface area contributed by atoms with Gasteiger partial charge in [0.15, 0.2) is 5.41 Å². The Balaban J connectivity index is 0.686. The fraction of sp³-hybridized carbons (Fsp3) is 0.340. The van der Waals surface area contributed by atoms with Gasteiger partial charge < -0.3 is 9.47 Å². The standard InChI is InChI=1S/C94H54O4/c1-8-23(21(3)4)11-10-22(5)27-14-15-28-26-13-12-24-20-25(16-18-90(24,6)29(26)17-19-91(27,28)7)98-89(96)94(88(95)97-9-2)92-84-76-68-58-48-40-32-30-31-34-38-36(32)44-52-46(38)56-50-42(34)43-35(31)39-37-33(30)41(40)49-55-45(37)53-47(39)57-51(43)61-60(50)70-64(56)74-66(52)72(62(68)54(44)48)80(84)82(74)86-78(70)79-71(61)65(57)75-67(53)73-63(55)69(59(49)58)77(76)85(92)81(73)83(75)87(79)93(86,92)94/h12,21-23,25-29H,8-11,13-20H2,1-7H3/t22-,23-,25+,26+,27-,28+,29+,90+,91-,92?,93?,94?/m1/s1. The molecule has 454 valence electrons. The topological polar surface area (TPSA) is 52.6 Å². The molecule has 0 bridgehead atoms. The number of hydrogen-bond acceptors (Lipinski definition) is 4. The van der Waals surface area contributed by atoms with Crippen molar-refractivity contribution in [3.05, 3.63) is 33.9 Å². The molecule has 28 aromatic carbocycles. The van der Waals surface area contributed by atoms with Crippen molar-refractivity contribution in [1.82, 2.24) is 0 Å². The summed E-state index contributed by atoms with van der Waals surface area (Å²) in [6.45, 7) is 17.5. The molecule has 0 aromatic heterocycles. The highest BCUT2D eigenvalue weighted by Gasteiger charge is 3.01. The van der Waals surface area contributed by atoms with E-state index in [4.69, 9.17) is 9.47 Å². The zero-order chi connectivity index (χ0) is 61.9. The van der Waals surface area contributed by atoms with E-state index in [-0.39, 0.29) is 30.1 Å². The summed E-state index contributed by atoms with van der Waals surface area (Å²) in [4.78, 5) is 36.0. The van der Waals surface area contributed by atoms with Gasteiger partial charge in [0.05, 0.1) is 17.4 Å². The average Bonchev–Trinajstić information content (AvgIpc) is 1.35. The van der Waals surface area contributed by atoms with Gasteiger partial charge >= 0.3 is 11.9 Å². The Hall–Kier alpha value is -8.86. The van der Waals surface area contributed by atoms with Crippen molar-refractivity contribution in [2.45, 2.75) is 136 Å². The highest BCUT2D eigenvalue weighted by molar-refractivity contribution is 6.82. The third-order valence-corrected chi connectivity index (χ3v) is 36.8. The fourth-order valence-corrected chi connectivity index (χ4v) is 35.1. The molecule has 98 heavy (non-hydrogen) atoms. The van der Waals surface area contributed by atoms with Crippen LogP contribution in [-0.4, -0.2) is 24.6 Å². The molecule has 0 aliphatic heterocycles. The minimum absolute atomic E-state index is 0.0747. The molecule has 4 fully saturated rings. The number of carbonyl (C=O) groups excluding carboxylic acids is 2. The van der Waals surface area contributed by atoms with Gasteiger partial charge in [0, 0.05) is 6.42 Å². The molecule has 4 saturated carbocycles. The third kappa shape index (κ3) is 2.90. The number of benzene rings is 18. The van der Waals surface area contributed by atoms with Gasteiger partial charge in [-0.2, -0.15) is 0 Å². The van der Waals surface area contributed by atoms with Crippen molar-refractivity contribution in [3.8, 4) is 0 Å². The van der Waals surface area contributed by atoms with Gasteiger partial charge in [-0.15, -0.1) is 0 Å². The number of carbonyl (C=O) groups is 2. The van der Waals surface area contributed by atoms with Gasteiger partial charge in [-0.05, 0) is 424 Å². The minimum atomic E-state index is -1.72. The Morgan fingerprint density at radius 2 is 0.745 bits per heavy atom. The summed E-state index contributed by atoms with van der Waals surface area (Å²) in [6.07, 6.45) is 15.6. The van der Waals surface area contributed by atoms with Crippen LogP contribution >= 0.6 is 0 Å². The molecule has 4 nitrogen and oxygen atoms in total. The predicted octanol–water partition coefficient (Wildman–Crippen LogP) is 24.4. The van der Waals surface area contributed by atoms with Crippen LogP contribution in [0.1, 0.15) is 141 Å². The maximum Gasteiger partial charge on any atom is 0.326 e. The van der Waals surface area contributed by atoms with Crippen LogP contribution in [-0.2, 0) is 29.9 Å². The summed E-state index contributed by atoms with van der Waals surface area (Å²) in [5, 5.41) is 81.4. The molecule has 4 heteroatoms. The first kappa shape index (κ1) is 44.9. The summed E-state index contributed by atoms with van der Waals surface area (Å²) in [5.74, 6) is 4.71. The first-order valence-electron chi connectivity index (χ1n) is 38.9. The van der Waals surface area contributed by atoms with E-state index in [1.54, 1.807) is 103 Å². The Bertz CT molecular complexity index is 7850. The maximum absolute atomic E-state index is 18.3. The van der Waals surface area contributed by atoms with Crippen LogP contribution in [0.3, 0.4) is 0 Å².